The molecular weight excluding hydrogens is 170 g/mol. The highest BCUT2D eigenvalue weighted by Gasteiger charge is 2.38. The van der Waals surface area contributed by atoms with Crippen LogP contribution in [0.15, 0.2) is 0 Å². The predicted octanol–water partition coefficient (Wildman–Crippen LogP) is 3.44. The Labute approximate surface area is 88.9 Å². The Morgan fingerprint density at radius 3 is 2.71 bits per heavy atom. The van der Waals surface area contributed by atoms with Gasteiger partial charge in [-0.3, -0.25) is 4.90 Å². The molecule has 3 atom stereocenters. The van der Waals surface area contributed by atoms with Crippen LogP contribution < -0.4 is 0 Å². The Bertz CT molecular complexity index is 178. The van der Waals surface area contributed by atoms with Gasteiger partial charge >= 0.3 is 0 Å². The summed E-state index contributed by atoms with van der Waals surface area (Å²) in [6.45, 7) is 6.10. The van der Waals surface area contributed by atoms with Gasteiger partial charge in [-0.25, -0.2) is 0 Å². The fourth-order valence-electron chi connectivity index (χ4n) is 3.66. The van der Waals surface area contributed by atoms with E-state index in [4.69, 9.17) is 0 Å². The SMILES string of the molecule is CCC[C@H]1CC[C@@H](CC)[C@@H]2CCCN12. The highest BCUT2D eigenvalue weighted by Crippen LogP contribution is 2.37. The van der Waals surface area contributed by atoms with Gasteiger partial charge in [-0.05, 0) is 44.6 Å². The zero-order valence-electron chi connectivity index (χ0n) is 9.84. The van der Waals surface area contributed by atoms with Gasteiger partial charge in [0.15, 0.2) is 0 Å². The van der Waals surface area contributed by atoms with Crippen molar-refractivity contribution >= 4 is 0 Å². The third-order valence-electron chi connectivity index (χ3n) is 4.37. The third-order valence-corrected chi connectivity index (χ3v) is 4.37. The lowest BCUT2D eigenvalue weighted by molar-refractivity contribution is 0.0670. The van der Waals surface area contributed by atoms with Crippen molar-refractivity contribution in [1.82, 2.24) is 4.90 Å². The molecule has 2 rings (SSSR count). The van der Waals surface area contributed by atoms with Gasteiger partial charge in [-0.1, -0.05) is 26.7 Å². The molecular formula is C13H25N. The first-order valence-corrected chi connectivity index (χ1v) is 6.62. The fourth-order valence-corrected chi connectivity index (χ4v) is 3.66. The van der Waals surface area contributed by atoms with Crippen molar-refractivity contribution in [2.24, 2.45) is 5.92 Å². The number of fused-ring (bicyclic) bond motifs is 1. The van der Waals surface area contributed by atoms with Crippen LogP contribution in [0.3, 0.4) is 0 Å². The molecule has 0 aliphatic carbocycles. The molecule has 0 saturated carbocycles. The van der Waals surface area contributed by atoms with Crippen LogP contribution in [-0.4, -0.2) is 23.5 Å². The van der Waals surface area contributed by atoms with Crippen molar-refractivity contribution in [3.63, 3.8) is 0 Å². The van der Waals surface area contributed by atoms with Crippen molar-refractivity contribution in [2.45, 2.75) is 70.9 Å². The van der Waals surface area contributed by atoms with E-state index in [-0.39, 0.29) is 0 Å². The second-order valence-corrected chi connectivity index (χ2v) is 5.14. The molecule has 0 aromatic carbocycles. The maximum Gasteiger partial charge on any atom is 0.0127 e. The lowest BCUT2D eigenvalue weighted by Crippen LogP contribution is -2.47. The molecule has 2 aliphatic rings. The van der Waals surface area contributed by atoms with Gasteiger partial charge in [0.2, 0.25) is 0 Å². The third kappa shape index (κ3) is 1.84. The van der Waals surface area contributed by atoms with E-state index in [1.807, 2.05) is 0 Å². The van der Waals surface area contributed by atoms with E-state index in [0.29, 0.717) is 0 Å². The first-order chi connectivity index (χ1) is 6.86. The summed E-state index contributed by atoms with van der Waals surface area (Å²) >= 11 is 0. The molecule has 82 valence electrons. The molecule has 2 saturated heterocycles. The predicted molar refractivity (Wildman–Crippen MR) is 61.4 cm³/mol. The van der Waals surface area contributed by atoms with Gasteiger partial charge < -0.3 is 0 Å². The lowest BCUT2D eigenvalue weighted by Gasteiger charge is -2.42. The molecule has 2 fully saturated rings. The summed E-state index contributed by atoms with van der Waals surface area (Å²) in [6, 6.07) is 1.90. The Hall–Kier alpha value is -0.0400. The molecule has 0 radical (unpaired) electrons. The monoisotopic (exact) mass is 195 g/mol. The van der Waals surface area contributed by atoms with Crippen LogP contribution in [0.5, 0.6) is 0 Å². The minimum Gasteiger partial charge on any atom is -0.297 e. The Morgan fingerprint density at radius 1 is 1.14 bits per heavy atom. The van der Waals surface area contributed by atoms with E-state index in [1.54, 1.807) is 0 Å². The number of hydrogen-bond acceptors (Lipinski definition) is 1. The van der Waals surface area contributed by atoms with Crippen LogP contribution in [0.25, 0.3) is 0 Å². The van der Waals surface area contributed by atoms with Gasteiger partial charge in [-0.15, -0.1) is 0 Å². The molecule has 14 heavy (non-hydrogen) atoms. The molecule has 2 aliphatic heterocycles. The fraction of sp³-hybridized carbons (Fsp3) is 1.00. The summed E-state index contributed by atoms with van der Waals surface area (Å²) in [5.41, 5.74) is 0. The van der Waals surface area contributed by atoms with Crippen LogP contribution in [0.1, 0.15) is 58.8 Å². The highest BCUT2D eigenvalue weighted by molar-refractivity contribution is 4.93. The molecule has 0 spiro atoms. The molecule has 0 aromatic rings. The van der Waals surface area contributed by atoms with Crippen LogP contribution >= 0.6 is 0 Å². The van der Waals surface area contributed by atoms with Gasteiger partial charge in [0.1, 0.15) is 0 Å². The van der Waals surface area contributed by atoms with E-state index >= 15 is 0 Å². The molecule has 0 bridgehead atoms. The summed E-state index contributed by atoms with van der Waals surface area (Å²) in [7, 11) is 0. The summed E-state index contributed by atoms with van der Waals surface area (Å²) in [5.74, 6) is 1.02. The Morgan fingerprint density at radius 2 is 2.00 bits per heavy atom. The van der Waals surface area contributed by atoms with E-state index in [0.717, 1.165) is 18.0 Å². The molecule has 0 aromatic heterocycles. The maximum atomic E-state index is 2.85. The molecule has 2 heterocycles. The maximum absolute atomic E-state index is 2.85. The van der Waals surface area contributed by atoms with Crippen molar-refractivity contribution in [2.75, 3.05) is 6.54 Å². The summed E-state index contributed by atoms with van der Waals surface area (Å²) in [5, 5.41) is 0. The quantitative estimate of drug-likeness (QED) is 0.667. The van der Waals surface area contributed by atoms with Crippen LogP contribution in [0.2, 0.25) is 0 Å². The molecule has 1 nitrogen and oxygen atoms in total. The second-order valence-electron chi connectivity index (χ2n) is 5.14. The smallest absolute Gasteiger partial charge is 0.0127 e. The zero-order valence-corrected chi connectivity index (χ0v) is 9.84. The average Bonchev–Trinajstić information content (AvgIpc) is 2.67. The van der Waals surface area contributed by atoms with Crippen LogP contribution in [0.4, 0.5) is 0 Å². The van der Waals surface area contributed by atoms with Crippen LogP contribution in [0, 0.1) is 5.92 Å². The van der Waals surface area contributed by atoms with Crippen LogP contribution in [-0.2, 0) is 0 Å². The van der Waals surface area contributed by atoms with E-state index < -0.39 is 0 Å². The summed E-state index contributed by atoms with van der Waals surface area (Å²) in [6.07, 6.45) is 10.1. The van der Waals surface area contributed by atoms with Crippen molar-refractivity contribution in [3.8, 4) is 0 Å². The van der Waals surface area contributed by atoms with E-state index in [1.165, 1.54) is 51.5 Å². The van der Waals surface area contributed by atoms with Gasteiger partial charge in [-0.2, -0.15) is 0 Å². The number of hydrogen-bond donors (Lipinski definition) is 0. The number of rotatable bonds is 3. The Balaban J connectivity index is 1.99. The molecule has 1 heteroatoms. The number of piperidine rings is 1. The van der Waals surface area contributed by atoms with E-state index in [2.05, 4.69) is 18.7 Å². The minimum absolute atomic E-state index is 0.940. The molecule has 0 unspecified atom stereocenters. The van der Waals surface area contributed by atoms with Gasteiger partial charge in [0.25, 0.3) is 0 Å². The summed E-state index contributed by atoms with van der Waals surface area (Å²) < 4.78 is 0. The zero-order chi connectivity index (χ0) is 9.97. The molecule has 0 N–H and O–H groups in total. The highest BCUT2D eigenvalue weighted by atomic mass is 15.2. The second kappa shape index (κ2) is 4.65. The van der Waals surface area contributed by atoms with Gasteiger partial charge in [0, 0.05) is 12.1 Å². The number of nitrogens with zero attached hydrogens (tertiary/aromatic N) is 1. The first-order valence-electron chi connectivity index (χ1n) is 6.62. The lowest BCUT2D eigenvalue weighted by atomic mass is 9.83. The van der Waals surface area contributed by atoms with Crippen molar-refractivity contribution < 1.29 is 0 Å². The van der Waals surface area contributed by atoms with Gasteiger partial charge in [0.05, 0.1) is 0 Å². The normalized spacial score (nSPS) is 38.6. The summed E-state index contributed by atoms with van der Waals surface area (Å²) in [4.78, 5) is 2.85. The average molecular weight is 195 g/mol. The standard InChI is InChI=1S/C13H25N/c1-3-6-12-9-8-11(4-2)13-7-5-10-14(12)13/h11-13H,3-10H2,1-2H3/t11-,12+,13+/m1/s1. The van der Waals surface area contributed by atoms with Crippen molar-refractivity contribution in [3.05, 3.63) is 0 Å². The van der Waals surface area contributed by atoms with Crippen molar-refractivity contribution in [1.29, 1.82) is 0 Å². The Kier molecular flexibility index (Phi) is 3.48. The molecule has 0 amide bonds. The largest absolute Gasteiger partial charge is 0.297 e. The minimum atomic E-state index is 0.940. The first kappa shape index (κ1) is 10.5. The van der Waals surface area contributed by atoms with E-state index in [9.17, 15) is 0 Å². The topological polar surface area (TPSA) is 3.24 Å².